The number of rotatable bonds is 4. The molecule has 2 rings (SSSR count). The Morgan fingerprint density at radius 2 is 2.14 bits per heavy atom. The molecule has 0 aromatic heterocycles. The lowest BCUT2D eigenvalue weighted by Crippen LogP contribution is -2.31. The van der Waals surface area contributed by atoms with Crippen molar-refractivity contribution < 1.29 is 14.3 Å². The Bertz CT molecular complexity index is 565. The molecule has 1 unspecified atom stereocenters. The van der Waals surface area contributed by atoms with Gasteiger partial charge in [-0.05, 0) is 32.0 Å². The Morgan fingerprint density at radius 1 is 1.43 bits per heavy atom. The average Bonchev–Trinajstić information content (AvgIpc) is 2.74. The summed E-state index contributed by atoms with van der Waals surface area (Å²) >= 11 is 13.3. The minimum absolute atomic E-state index is 0.0828. The fourth-order valence-corrected chi connectivity index (χ4v) is 3.36. The lowest BCUT2D eigenvalue weighted by molar-refractivity contribution is -0.148. The molecule has 0 saturated carbocycles. The van der Waals surface area contributed by atoms with Crippen molar-refractivity contribution in [1.82, 2.24) is 0 Å². The van der Waals surface area contributed by atoms with E-state index in [2.05, 4.69) is 0 Å². The number of carbonyl (C=O) groups is 2. The fraction of sp³-hybridized carbons (Fsp3) is 0.429. The van der Waals surface area contributed by atoms with Crippen molar-refractivity contribution in [1.29, 1.82) is 0 Å². The SMILES string of the molecule is CC(C)OC(=O)CC1SCN(c2ccc(Cl)c(Cl)c2)C1=O. The maximum Gasteiger partial charge on any atom is 0.307 e. The maximum absolute atomic E-state index is 12.3. The zero-order chi connectivity index (χ0) is 15.6. The molecule has 0 radical (unpaired) electrons. The van der Waals surface area contributed by atoms with Crippen LogP contribution in [0.25, 0.3) is 0 Å². The van der Waals surface area contributed by atoms with E-state index in [-0.39, 0.29) is 24.4 Å². The molecule has 4 nitrogen and oxygen atoms in total. The maximum atomic E-state index is 12.3. The largest absolute Gasteiger partial charge is 0.463 e. The van der Waals surface area contributed by atoms with E-state index in [0.29, 0.717) is 21.6 Å². The predicted molar refractivity (Wildman–Crippen MR) is 86.0 cm³/mol. The highest BCUT2D eigenvalue weighted by molar-refractivity contribution is 8.01. The summed E-state index contributed by atoms with van der Waals surface area (Å²) in [5.41, 5.74) is 0.682. The van der Waals surface area contributed by atoms with Gasteiger partial charge in [0.1, 0.15) is 0 Å². The molecule has 1 aromatic rings. The van der Waals surface area contributed by atoms with Crippen molar-refractivity contribution in [2.75, 3.05) is 10.8 Å². The van der Waals surface area contributed by atoms with Crippen molar-refractivity contribution in [2.24, 2.45) is 0 Å². The number of hydrogen-bond donors (Lipinski definition) is 0. The Morgan fingerprint density at radius 3 is 2.76 bits per heavy atom. The first-order chi connectivity index (χ1) is 9.88. The first kappa shape index (κ1) is 16.5. The third kappa shape index (κ3) is 4.05. The summed E-state index contributed by atoms with van der Waals surface area (Å²) in [6.07, 6.45) is -0.0929. The Balaban J connectivity index is 2.04. The standard InChI is InChI=1S/C14H15Cl2NO3S/c1-8(2)20-13(18)6-12-14(19)17(7-21-12)9-3-4-10(15)11(16)5-9/h3-5,8,12H,6-7H2,1-2H3. The third-order valence-corrected chi connectivity index (χ3v) is 4.80. The van der Waals surface area contributed by atoms with Crippen LogP contribution in [0.3, 0.4) is 0 Å². The van der Waals surface area contributed by atoms with Crippen LogP contribution in [-0.2, 0) is 14.3 Å². The van der Waals surface area contributed by atoms with Crippen LogP contribution in [0.5, 0.6) is 0 Å². The van der Waals surface area contributed by atoms with Crippen LogP contribution in [0.2, 0.25) is 10.0 Å². The number of carbonyl (C=O) groups excluding carboxylic acids is 2. The van der Waals surface area contributed by atoms with Gasteiger partial charge in [0.15, 0.2) is 0 Å². The summed E-state index contributed by atoms with van der Waals surface area (Å²) in [6, 6.07) is 5.04. The van der Waals surface area contributed by atoms with Crippen molar-refractivity contribution >= 4 is 52.5 Å². The summed E-state index contributed by atoms with van der Waals surface area (Å²) < 4.78 is 5.07. The zero-order valence-corrected chi connectivity index (χ0v) is 14.0. The van der Waals surface area contributed by atoms with Gasteiger partial charge in [-0.3, -0.25) is 9.59 Å². The van der Waals surface area contributed by atoms with Gasteiger partial charge >= 0.3 is 5.97 Å². The molecule has 1 fully saturated rings. The van der Waals surface area contributed by atoms with Crippen LogP contribution in [0.1, 0.15) is 20.3 Å². The number of ether oxygens (including phenoxy) is 1. The highest BCUT2D eigenvalue weighted by Crippen LogP contribution is 2.34. The lowest BCUT2D eigenvalue weighted by Gasteiger charge is -2.16. The van der Waals surface area contributed by atoms with Crippen LogP contribution in [-0.4, -0.2) is 29.1 Å². The second-order valence-electron chi connectivity index (χ2n) is 4.89. The van der Waals surface area contributed by atoms with Gasteiger partial charge in [-0.1, -0.05) is 23.2 Å². The van der Waals surface area contributed by atoms with E-state index in [9.17, 15) is 9.59 Å². The van der Waals surface area contributed by atoms with E-state index in [0.717, 1.165) is 0 Å². The third-order valence-electron chi connectivity index (χ3n) is 2.88. The van der Waals surface area contributed by atoms with E-state index < -0.39 is 5.25 Å². The van der Waals surface area contributed by atoms with Gasteiger partial charge in [0.2, 0.25) is 5.91 Å². The summed E-state index contributed by atoms with van der Waals surface area (Å²) in [7, 11) is 0. The molecule has 1 saturated heterocycles. The van der Waals surface area contributed by atoms with Crippen LogP contribution >= 0.6 is 35.0 Å². The van der Waals surface area contributed by atoms with Gasteiger partial charge < -0.3 is 9.64 Å². The molecule has 1 aromatic carbocycles. The van der Waals surface area contributed by atoms with Crippen molar-refractivity contribution in [3.63, 3.8) is 0 Å². The minimum atomic E-state index is -0.411. The summed E-state index contributed by atoms with van der Waals surface area (Å²) in [5.74, 6) is 0.0158. The van der Waals surface area contributed by atoms with Gasteiger partial charge in [-0.15, -0.1) is 11.8 Å². The molecule has 1 atom stereocenters. The number of nitrogens with zero attached hydrogens (tertiary/aromatic N) is 1. The molecule has 0 bridgehead atoms. The number of halogens is 2. The fourth-order valence-electron chi connectivity index (χ4n) is 1.94. The molecule has 1 aliphatic heterocycles. The highest BCUT2D eigenvalue weighted by atomic mass is 35.5. The van der Waals surface area contributed by atoms with E-state index in [4.69, 9.17) is 27.9 Å². The Labute approximate surface area is 137 Å². The van der Waals surface area contributed by atoms with Crippen molar-refractivity contribution in [3.8, 4) is 0 Å². The van der Waals surface area contributed by atoms with Gasteiger partial charge in [0.05, 0.1) is 33.7 Å². The zero-order valence-electron chi connectivity index (χ0n) is 11.6. The van der Waals surface area contributed by atoms with Crippen molar-refractivity contribution in [2.45, 2.75) is 31.6 Å². The predicted octanol–water partition coefficient (Wildman–Crippen LogP) is 3.74. The normalized spacial score (nSPS) is 18.4. The van der Waals surface area contributed by atoms with Crippen LogP contribution < -0.4 is 4.90 Å². The Kier molecular flexibility index (Phi) is 5.41. The van der Waals surface area contributed by atoms with Gasteiger partial charge in [-0.2, -0.15) is 0 Å². The molecule has 114 valence electrons. The van der Waals surface area contributed by atoms with Crippen LogP contribution in [0.4, 0.5) is 5.69 Å². The average molecular weight is 348 g/mol. The molecule has 1 heterocycles. The Hall–Kier alpha value is -0.910. The summed E-state index contributed by atoms with van der Waals surface area (Å²) in [6.45, 7) is 3.56. The lowest BCUT2D eigenvalue weighted by atomic mass is 10.2. The van der Waals surface area contributed by atoms with E-state index in [1.54, 1.807) is 36.9 Å². The smallest absolute Gasteiger partial charge is 0.307 e. The monoisotopic (exact) mass is 347 g/mol. The van der Waals surface area contributed by atoms with Gasteiger partial charge in [0, 0.05) is 5.69 Å². The first-order valence-corrected chi connectivity index (χ1v) is 8.26. The quantitative estimate of drug-likeness (QED) is 0.778. The molecule has 7 heteroatoms. The van der Waals surface area contributed by atoms with Crippen LogP contribution in [0, 0.1) is 0 Å². The first-order valence-electron chi connectivity index (χ1n) is 6.46. The molecule has 0 N–H and O–H groups in total. The molecule has 1 aliphatic rings. The topological polar surface area (TPSA) is 46.6 Å². The molecular formula is C14H15Cl2NO3S. The number of amides is 1. The minimum Gasteiger partial charge on any atom is -0.463 e. The van der Waals surface area contributed by atoms with Crippen LogP contribution in [0.15, 0.2) is 18.2 Å². The van der Waals surface area contributed by atoms with Crippen molar-refractivity contribution in [3.05, 3.63) is 28.2 Å². The number of thioether (sulfide) groups is 1. The number of anilines is 1. The van der Waals surface area contributed by atoms with Gasteiger partial charge in [-0.25, -0.2) is 0 Å². The number of benzene rings is 1. The second-order valence-corrected chi connectivity index (χ2v) is 6.87. The molecule has 1 amide bonds. The van der Waals surface area contributed by atoms with E-state index >= 15 is 0 Å². The summed E-state index contributed by atoms with van der Waals surface area (Å²) in [5, 5.41) is 0.428. The van der Waals surface area contributed by atoms with E-state index in [1.165, 1.54) is 11.8 Å². The molecule has 21 heavy (non-hydrogen) atoms. The highest BCUT2D eigenvalue weighted by Gasteiger charge is 2.35. The number of esters is 1. The van der Waals surface area contributed by atoms with E-state index in [1.807, 2.05) is 0 Å². The number of hydrogen-bond acceptors (Lipinski definition) is 4. The van der Waals surface area contributed by atoms with Gasteiger partial charge in [0.25, 0.3) is 0 Å². The molecule has 0 spiro atoms. The second kappa shape index (κ2) is 6.90. The molecular weight excluding hydrogens is 333 g/mol. The molecule has 0 aliphatic carbocycles. The summed E-state index contributed by atoms with van der Waals surface area (Å²) in [4.78, 5) is 25.6.